The Labute approximate surface area is 120 Å². The molecule has 2 unspecified atom stereocenters. The Bertz CT molecular complexity index is 398. The second-order valence-corrected chi connectivity index (χ2v) is 5.21. The Morgan fingerprint density at radius 3 is 2.60 bits per heavy atom. The zero-order valence-corrected chi connectivity index (χ0v) is 12.6. The number of hydrogen-bond donors (Lipinski definition) is 1. The molecule has 0 aliphatic carbocycles. The van der Waals surface area contributed by atoms with Crippen molar-refractivity contribution in [2.24, 2.45) is 0 Å². The van der Waals surface area contributed by atoms with Crippen LogP contribution in [0.4, 0.5) is 8.78 Å². The predicted octanol–water partition coefficient (Wildman–Crippen LogP) is 3.69. The molecular formula is C16H25F2NO. The Kier molecular flexibility index (Phi) is 7.70. The van der Waals surface area contributed by atoms with Gasteiger partial charge in [-0.25, -0.2) is 8.78 Å². The van der Waals surface area contributed by atoms with Crippen LogP contribution in [-0.4, -0.2) is 25.8 Å². The highest BCUT2D eigenvalue weighted by Gasteiger charge is 2.14. The van der Waals surface area contributed by atoms with Gasteiger partial charge in [-0.15, -0.1) is 0 Å². The monoisotopic (exact) mass is 285 g/mol. The standard InChI is InChI=1S/C16H25F2NO/c1-4-9-19-15(8-5-12(2)20-3)10-13-6-7-14(17)11-16(13)18/h6-7,11-12,15,19H,4-5,8-10H2,1-3H3. The zero-order chi connectivity index (χ0) is 15.0. The molecule has 1 N–H and O–H groups in total. The fourth-order valence-corrected chi connectivity index (χ4v) is 2.13. The van der Waals surface area contributed by atoms with E-state index in [1.165, 1.54) is 12.1 Å². The van der Waals surface area contributed by atoms with Gasteiger partial charge in [0.05, 0.1) is 6.10 Å². The second-order valence-electron chi connectivity index (χ2n) is 5.21. The summed E-state index contributed by atoms with van der Waals surface area (Å²) < 4.78 is 31.9. The first-order chi connectivity index (χ1) is 9.56. The number of methoxy groups -OCH3 is 1. The summed E-state index contributed by atoms with van der Waals surface area (Å²) in [5, 5.41) is 3.42. The highest BCUT2D eigenvalue weighted by Crippen LogP contribution is 2.15. The first kappa shape index (κ1) is 17.1. The molecule has 2 nitrogen and oxygen atoms in total. The van der Waals surface area contributed by atoms with E-state index in [1.807, 2.05) is 6.92 Å². The molecule has 20 heavy (non-hydrogen) atoms. The summed E-state index contributed by atoms with van der Waals surface area (Å²) in [4.78, 5) is 0. The first-order valence-corrected chi connectivity index (χ1v) is 7.26. The number of halogens is 2. The average Bonchev–Trinajstić information content (AvgIpc) is 2.43. The van der Waals surface area contributed by atoms with Gasteiger partial charge in [0.15, 0.2) is 0 Å². The fourth-order valence-electron chi connectivity index (χ4n) is 2.13. The molecule has 0 aliphatic heterocycles. The summed E-state index contributed by atoms with van der Waals surface area (Å²) >= 11 is 0. The van der Waals surface area contributed by atoms with E-state index >= 15 is 0 Å². The second kappa shape index (κ2) is 9.03. The van der Waals surface area contributed by atoms with Crippen LogP contribution in [0.1, 0.15) is 38.7 Å². The minimum Gasteiger partial charge on any atom is -0.382 e. The summed E-state index contributed by atoms with van der Waals surface area (Å²) in [5.74, 6) is -0.995. The third kappa shape index (κ3) is 5.97. The highest BCUT2D eigenvalue weighted by atomic mass is 19.1. The normalized spacial score (nSPS) is 14.2. The molecule has 1 aromatic rings. The van der Waals surface area contributed by atoms with Crippen molar-refractivity contribution in [1.29, 1.82) is 0 Å². The van der Waals surface area contributed by atoms with Crippen LogP contribution in [0, 0.1) is 11.6 Å². The molecule has 0 bridgehead atoms. The van der Waals surface area contributed by atoms with Gasteiger partial charge in [0.1, 0.15) is 11.6 Å². The van der Waals surface area contributed by atoms with Gasteiger partial charge in [-0.3, -0.25) is 0 Å². The Morgan fingerprint density at radius 2 is 2.00 bits per heavy atom. The molecule has 0 aliphatic rings. The summed E-state index contributed by atoms with van der Waals surface area (Å²) in [7, 11) is 1.69. The van der Waals surface area contributed by atoms with Gasteiger partial charge < -0.3 is 10.1 Å². The lowest BCUT2D eigenvalue weighted by atomic mass is 9.99. The topological polar surface area (TPSA) is 21.3 Å². The SMILES string of the molecule is CCCNC(CCC(C)OC)Cc1ccc(F)cc1F. The van der Waals surface area contributed by atoms with Gasteiger partial charge in [-0.2, -0.15) is 0 Å². The van der Waals surface area contributed by atoms with Gasteiger partial charge in [-0.05, 0) is 50.8 Å². The Morgan fingerprint density at radius 1 is 1.25 bits per heavy atom. The van der Waals surface area contributed by atoms with E-state index in [-0.39, 0.29) is 12.1 Å². The minimum atomic E-state index is -0.530. The molecule has 0 saturated carbocycles. The number of nitrogens with one attached hydrogen (secondary N) is 1. The molecule has 1 aromatic carbocycles. The maximum absolute atomic E-state index is 13.7. The fraction of sp³-hybridized carbons (Fsp3) is 0.625. The van der Waals surface area contributed by atoms with E-state index in [0.717, 1.165) is 31.9 Å². The molecule has 0 amide bonds. The van der Waals surface area contributed by atoms with Crippen molar-refractivity contribution in [1.82, 2.24) is 5.32 Å². The van der Waals surface area contributed by atoms with Crippen LogP contribution in [0.5, 0.6) is 0 Å². The minimum absolute atomic E-state index is 0.188. The van der Waals surface area contributed by atoms with Crippen LogP contribution in [-0.2, 0) is 11.2 Å². The van der Waals surface area contributed by atoms with Crippen LogP contribution in [0.3, 0.4) is 0 Å². The van der Waals surface area contributed by atoms with Crippen LogP contribution < -0.4 is 5.32 Å². The number of benzene rings is 1. The molecule has 0 spiro atoms. The number of rotatable bonds is 9. The van der Waals surface area contributed by atoms with Crippen molar-refractivity contribution in [3.05, 3.63) is 35.4 Å². The average molecular weight is 285 g/mol. The molecule has 114 valence electrons. The van der Waals surface area contributed by atoms with Crippen molar-refractivity contribution in [2.75, 3.05) is 13.7 Å². The summed E-state index contributed by atoms with van der Waals surface area (Å²) in [6.07, 6.45) is 3.62. The molecule has 0 heterocycles. The molecular weight excluding hydrogens is 260 g/mol. The van der Waals surface area contributed by atoms with Gasteiger partial charge >= 0.3 is 0 Å². The third-order valence-corrected chi connectivity index (χ3v) is 3.49. The van der Waals surface area contributed by atoms with E-state index in [2.05, 4.69) is 12.2 Å². The van der Waals surface area contributed by atoms with Gasteiger partial charge in [-0.1, -0.05) is 13.0 Å². The Balaban J connectivity index is 2.62. The van der Waals surface area contributed by atoms with E-state index in [9.17, 15) is 8.78 Å². The van der Waals surface area contributed by atoms with Crippen molar-refractivity contribution >= 4 is 0 Å². The van der Waals surface area contributed by atoms with Crippen molar-refractivity contribution in [2.45, 2.75) is 51.7 Å². The van der Waals surface area contributed by atoms with E-state index < -0.39 is 11.6 Å². The predicted molar refractivity (Wildman–Crippen MR) is 77.8 cm³/mol. The van der Waals surface area contributed by atoms with E-state index in [0.29, 0.717) is 12.0 Å². The molecule has 0 aromatic heterocycles. The summed E-state index contributed by atoms with van der Waals surface area (Å²) in [5.41, 5.74) is 0.560. The molecule has 2 atom stereocenters. The van der Waals surface area contributed by atoms with E-state index in [4.69, 9.17) is 4.74 Å². The van der Waals surface area contributed by atoms with Gasteiger partial charge in [0.2, 0.25) is 0 Å². The lowest BCUT2D eigenvalue weighted by Crippen LogP contribution is -2.33. The summed E-state index contributed by atoms with van der Waals surface area (Å²) in [6, 6.07) is 3.98. The number of hydrogen-bond acceptors (Lipinski definition) is 2. The van der Waals surface area contributed by atoms with Gasteiger partial charge in [0.25, 0.3) is 0 Å². The van der Waals surface area contributed by atoms with Crippen LogP contribution in [0.15, 0.2) is 18.2 Å². The highest BCUT2D eigenvalue weighted by molar-refractivity contribution is 5.19. The molecule has 4 heteroatoms. The van der Waals surface area contributed by atoms with Crippen LogP contribution in [0.2, 0.25) is 0 Å². The number of ether oxygens (including phenoxy) is 1. The third-order valence-electron chi connectivity index (χ3n) is 3.49. The van der Waals surface area contributed by atoms with Crippen molar-refractivity contribution in [3.63, 3.8) is 0 Å². The van der Waals surface area contributed by atoms with E-state index in [1.54, 1.807) is 7.11 Å². The van der Waals surface area contributed by atoms with Crippen LogP contribution in [0.25, 0.3) is 0 Å². The maximum Gasteiger partial charge on any atom is 0.129 e. The lowest BCUT2D eigenvalue weighted by Gasteiger charge is -2.20. The smallest absolute Gasteiger partial charge is 0.129 e. The molecule has 1 rings (SSSR count). The van der Waals surface area contributed by atoms with Crippen LogP contribution >= 0.6 is 0 Å². The maximum atomic E-state index is 13.7. The molecule has 0 saturated heterocycles. The summed E-state index contributed by atoms with van der Waals surface area (Å²) in [6.45, 7) is 5.02. The lowest BCUT2D eigenvalue weighted by molar-refractivity contribution is 0.106. The first-order valence-electron chi connectivity index (χ1n) is 7.26. The van der Waals surface area contributed by atoms with Crippen molar-refractivity contribution in [3.8, 4) is 0 Å². The van der Waals surface area contributed by atoms with Crippen molar-refractivity contribution < 1.29 is 13.5 Å². The largest absolute Gasteiger partial charge is 0.382 e. The zero-order valence-electron chi connectivity index (χ0n) is 12.6. The van der Waals surface area contributed by atoms with Gasteiger partial charge in [0, 0.05) is 19.2 Å². The molecule has 0 radical (unpaired) electrons. The molecule has 0 fully saturated rings. The Hall–Kier alpha value is -1.00. The quantitative estimate of drug-likeness (QED) is 0.747.